The van der Waals surface area contributed by atoms with Crippen molar-refractivity contribution < 1.29 is 5.11 Å². The maximum Gasteiger partial charge on any atom is 0.129 e. The summed E-state index contributed by atoms with van der Waals surface area (Å²) < 4.78 is 0. The average Bonchev–Trinajstić information content (AvgIpc) is 2.63. The van der Waals surface area contributed by atoms with Gasteiger partial charge in [0.05, 0.1) is 18.3 Å². The minimum atomic E-state index is 0.154. The van der Waals surface area contributed by atoms with Crippen LogP contribution < -0.4 is 10.6 Å². The van der Waals surface area contributed by atoms with Gasteiger partial charge in [-0.1, -0.05) is 31.1 Å². The van der Waals surface area contributed by atoms with Crippen LogP contribution in [0.15, 0.2) is 18.2 Å². The van der Waals surface area contributed by atoms with Gasteiger partial charge in [-0.3, -0.25) is 0 Å². The summed E-state index contributed by atoms with van der Waals surface area (Å²) in [6.45, 7) is 1.10. The second-order valence-corrected chi connectivity index (χ2v) is 5.06. The summed E-state index contributed by atoms with van der Waals surface area (Å²) in [6.07, 6.45) is 4.52. The number of aliphatic hydroxyl groups excluding tert-OH is 1. The Kier molecular flexibility index (Phi) is 4.49. The molecule has 0 aromatic carbocycles. The summed E-state index contributed by atoms with van der Waals surface area (Å²) in [4.78, 5) is 6.97. The van der Waals surface area contributed by atoms with Crippen LogP contribution in [0, 0.1) is 0 Å². The molecule has 0 saturated carbocycles. The molecule has 0 bridgehead atoms. The maximum atomic E-state index is 9.51. The summed E-state index contributed by atoms with van der Waals surface area (Å²) >= 11 is 4.96. The average molecular weight is 265 g/mol. The van der Waals surface area contributed by atoms with E-state index in [1.807, 2.05) is 18.2 Å². The van der Waals surface area contributed by atoms with E-state index in [4.69, 9.17) is 18.0 Å². The molecule has 0 amide bonds. The Morgan fingerprint density at radius 2 is 2.28 bits per heavy atom. The predicted octanol–water partition coefficient (Wildman–Crippen LogP) is 1.46. The van der Waals surface area contributed by atoms with E-state index in [1.54, 1.807) is 0 Å². The van der Waals surface area contributed by atoms with Gasteiger partial charge >= 0.3 is 0 Å². The van der Waals surface area contributed by atoms with Crippen molar-refractivity contribution in [3.05, 3.63) is 23.9 Å². The van der Waals surface area contributed by atoms with Gasteiger partial charge in [0.1, 0.15) is 10.8 Å². The molecule has 3 N–H and O–H groups in total. The zero-order valence-electron chi connectivity index (χ0n) is 10.4. The van der Waals surface area contributed by atoms with E-state index in [0.717, 1.165) is 31.6 Å². The molecular weight excluding hydrogens is 246 g/mol. The van der Waals surface area contributed by atoms with E-state index in [-0.39, 0.29) is 12.6 Å². The van der Waals surface area contributed by atoms with Gasteiger partial charge in [0.25, 0.3) is 0 Å². The van der Waals surface area contributed by atoms with E-state index in [2.05, 4.69) is 9.88 Å². The monoisotopic (exact) mass is 265 g/mol. The van der Waals surface area contributed by atoms with Gasteiger partial charge < -0.3 is 15.7 Å². The van der Waals surface area contributed by atoms with E-state index >= 15 is 0 Å². The zero-order valence-corrected chi connectivity index (χ0v) is 11.2. The molecule has 1 fully saturated rings. The van der Waals surface area contributed by atoms with Crippen LogP contribution in [0.4, 0.5) is 5.82 Å². The van der Waals surface area contributed by atoms with Gasteiger partial charge in [0.15, 0.2) is 0 Å². The molecule has 18 heavy (non-hydrogen) atoms. The molecule has 4 nitrogen and oxygen atoms in total. The molecule has 1 unspecified atom stereocenters. The van der Waals surface area contributed by atoms with Gasteiger partial charge in [-0.2, -0.15) is 0 Å². The summed E-state index contributed by atoms with van der Waals surface area (Å²) in [6, 6.07) is 5.84. The number of hydrogen-bond acceptors (Lipinski definition) is 4. The molecule has 1 aliphatic heterocycles. The molecule has 0 radical (unpaired) electrons. The zero-order chi connectivity index (χ0) is 13.0. The third-order valence-electron chi connectivity index (χ3n) is 3.37. The first kappa shape index (κ1) is 13.2. The van der Waals surface area contributed by atoms with Gasteiger partial charge in [-0.25, -0.2) is 4.98 Å². The number of aromatic nitrogens is 1. The normalized spacial score (nSPS) is 20.5. The van der Waals surface area contributed by atoms with Crippen molar-refractivity contribution in [3.63, 3.8) is 0 Å². The van der Waals surface area contributed by atoms with Crippen LogP contribution in [-0.2, 0) is 0 Å². The highest BCUT2D eigenvalue weighted by Crippen LogP contribution is 2.22. The van der Waals surface area contributed by atoms with Gasteiger partial charge in [0, 0.05) is 6.54 Å². The highest BCUT2D eigenvalue weighted by Gasteiger charge is 2.21. The van der Waals surface area contributed by atoms with Crippen LogP contribution in [-0.4, -0.2) is 34.3 Å². The van der Waals surface area contributed by atoms with Crippen LogP contribution in [0.25, 0.3) is 0 Å². The number of anilines is 1. The number of thiocarbonyl (C=S) groups is 1. The second kappa shape index (κ2) is 6.11. The Labute approximate surface area is 113 Å². The molecular formula is C13H19N3OS. The lowest BCUT2D eigenvalue weighted by molar-refractivity contribution is 0.254. The lowest BCUT2D eigenvalue weighted by atomic mass is 10.1. The molecule has 0 spiro atoms. The fraction of sp³-hybridized carbons (Fsp3) is 0.538. The smallest absolute Gasteiger partial charge is 0.129 e. The minimum Gasteiger partial charge on any atom is -0.394 e. The third-order valence-corrected chi connectivity index (χ3v) is 3.58. The van der Waals surface area contributed by atoms with Crippen molar-refractivity contribution in [1.82, 2.24) is 4.98 Å². The molecule has 5 heteroatoms. The lowest BCUT2D eigenvalue weighted by Crippen LogP contribution is -2.38. The first-order valence-corrected chi connectivity index (χ1v) is 6.77. The predicted molar refractivity (Wildman–Crippen MR) is 76.8 cm³/mol. The van der Waals surface area contributed by atoms with Crippen LogP contribution in [0.3, 0.4) is 0 Å². The van der Waals surface area contributed by atoms with E-state index in [1.165, 1.54) is 6.42 Å². The minimum absolute atomic E-state index is 0.154. The number of rotatable bonds is 3. The Morgan fingerprint density at radius 3 is 3.00 bits per heavy atom. The van der Waals surface area contributed by atoms with Crippen molar-refractivity contribution in [3.8, 4) is 0 Å². The van der Waals surface area contributed by atoms with Crippen molar-refractivity contribution in [2.24, 2.45) is 5.73 Å². The second-order valence-electron chi connectivity index (χ2n) is 4.62. The number of pyridine rings is 1. The van der Waals surface area contributed by atoms with E-state index in [9.17, 15) is 5.11 Å². The fourth-order valence-electron chi connectivity index (χ4n) is 2.39. The first-order valence-electron chi connectivity index (χ1n) is 6.36. The lowest BCUT2D eigenvalue weighted by Gasteiger charge is -2.29. The summed E-state index contributed by atoms with van der Waals surface area (Å²) in [7, 11) is 0. The molecule has 2 heterocycles. The maximum absolute atomic E-state index is 9.51. The standard InChI is InChI=1S/C13H19N3OS/c14-13(18)11-6-4-7-12(15-11)16-8-3-1-2-5-10(16)9-17/h4,6-7,10,17H,1-3,5,8-9H2,(H2,14,18). The number of hydrogen-bond donors (Lipinski definition) is 2. The molecule has 1 aromatic heterocycles. The summed E-state index contributed by atoms with van der Waals surface area (Å²) in [5.74, 6) is 0.862. The van der Waals surface area contributed by atoms with Crippen molar-refractivity contribution in [2.45, 2.75) is 31.7 Å². The molecule has 0 aliphatic carbocycles. The number of nitrogens with two attached hydrogens (primary N) is 1. The molecule has 98 valence electrons. The SMILES string of the molecule is NC(=S)c1cccc(N2CCCCCC2CO)n1. The van der Waals surface area contributed by atoms with Gasteiger partial charge in [-0.15, -0.1) is 0 Å². The highest BCUT2D eigenvalue weighted by molar-refractivity contribution is 7.80. The third kappa shape index (κ3) is 2.97. The Hall–Kier alpha value is -1.20. The number of aliphatic hydroxyl groups is 1. The first-order chi connectivity index (χ1) is 8.72. The van der Waals surface area contributed by atoms with E-state index < -0.39 is 0 Å². The van der Waals surface area contributed by atoms with Crippen LogP contribution in [0.5, 0.6) is 0 Å². The molecule has 2 rings (SSSR count). The largest absolute Gasteiger partial charge is 0.394 e. The molecule has 1 atom stereocenters. The van der Waals surface area contributed by atoms with E-state index in [0.29, 0.717) is 10.7 Å². The molecule has 1 aliphatic rings. The van der Waals surface area contributed by atoms with Gasteiger partial charge in [-0.05, 0) is 25.0 Å². The van der Waals surface area contributed by atoms with Crippen LogP contribution >= 0.6 is 12.2 Å². The summed E-state index contributed by atoms with van der Waals surface area (Å²) in [5, 5.41) is 9.51. The Morgan fingerprint density at radius 1 is 1.44 bits per heavy atom. The Balaban J connectivity index is 2.26. The molecule has 1 saturated heterocycles. The van der Waals surface area contributed by atoms with Crippen molar-refractivity contribution in [1.29, 1.82) is 0 Å². The topological polar surface area (TPSA) is 62.4 Å². The fourth-order valence-corrected chi connectivity index (χ4v) is 2.50. The highest BCUT2D eigenvalue weighted by atomic mass is 32.1. The number of nitrogens with zero attached hydrogens (tertiary/aromatic N) is 2. The van der Waals surface area contributed by atoms with Crippen LogP contribution in [0.1, 0.15) is 31.4 Å². The van der Waals surface area contributed by atoms with Crippen molar-refractivity contribution >= 4 is 23.0 Å². The summed E-state index contributed by atoms with van der Waals surface area (Å²) in [5.41, 5.74) is 6.25. The quantitative estimate of drug-likeness (QED) is 0.810. The molecule has 1 aromatic rings. The van der Waals surface area contributed by atoms with Gasteiger partial charge in [0.2, 0.25) is 0 Å². The Bertz CT molecular complexity index is 424. The van der Waals surface area contributed by atoms with Crippen LogP contribution in [0.2, 0.25) is 0 Å². The van der Waals surface area contributed by atoms with Crippen molar-refractivity contribution in [2.75, 3.05) is 18.1 Å².